The van der Waals surface area contributed by atoms with E-state index in [0.29, 0.717) is 19.3 Å². The Morgan fingerprint density at radius 1 is 0.474 bits per heavy atom. The minimum atomic E-state index is -1.50. The van der Waals surface area contributed by atoms with Gasteiger partial charge in [0.1, 0.15) is 16.8 Å². The van der Waals surface area contributed by atoms with Crippen LogP contribution in [0.25, 0.3) is 0 Å². The van der Waals surface area contributed by atoms with Gasteiger partial charge in [0.05, 0.1) is 25.2 Å². The van der Waals surface area contributed by atoms with Crippen LogP contribution in [0.4, 0.5) is 14.4 Å². The normalized spacial score (nSPS) is 12.5. The van der Waals surface area contributed by atoms with E-state index in [1.54, 1.807) is 48.5 Å². The monoisotopic (exact) mass is 552 g/mol. The van der Waals surface area contributed by atoms with E-state index in [9.17, 15) is 14.4 Å². The van der Waals surface area contributed by atoms with Gasteiger partial charge in [-0.15, -0.1) is 0 Å². The highest BCUT2D eigenvalue weighted by Gasteiger charge is 2.66. The zero-order valence-corrected chi connectivity index (χ0v) is 24.8. The molecule has 224 valence electrons. The molecular formula is C26H48O12. The van der Waals surface area contributed by atoms with Crippen LogP contribution in [-0.2, 0) is 43.5 Å². The molecule has 0 rings (SSSR count). The predicted octanol–water partition coefficient (Wildman–Crippen LogP) is 6.98. The van der Waals surface area contributed by atoms with Crippen LogP contribution in [-0.4, -0.2) is 55.1 Å². The fraction of sp³-hybridized carbons (Fsp3) is 0.885. The molecule has 0 radical (unpaired) electrons. The van der Waals surface area contributed by atoms with Gasteiger partial charge in [-0.25, -0.2) is 14.4 Å². The fourth-order valence-electron chi connectivity index (χ4n) is 4.04. The first kappa shape index (κ1) is 35.7. The van der Waals surface area contributed by atoms with Crippen LogP contribution >= 0.6 is 0 Å². The summed E-state index contributed by atoms with van der Waals surface area (Å²) in [5.74, 6) is 0. The molecule has 0 N–H and O–H groups in total. The number of hydrogen-bond donors (Lipinski definition) is 0. The van der Waals surface area contributed by atoms with Gasteiger partial charge < -0.3 is 14.2 Å². The highest BCUT2D eigenvalue weighted by molar-refractivity contribution is 5.62. The minimum Gasteiger partial charge on any atom is -0.425 e. The number of carbonyl (C=O) groups is 3. The quantitative estimate of drug-likeness (QED) is 0.0570. The Balaban J connectivity index is 5.99. The Morgan fingerprint density at radius 3 is 0.921 bits per heavy atom. The van der Waals surface area contributed by atoms with Crippen molar-refractivity contribution < 1.29 is 57.9 Å². The van der Waals surface area contributed by atoms with Crippen LogP contribution < -0.4 is 0 Å². The standard InChI is InChI=1S/C26H48O12/c1-11-14-17-30-36-20(27)33-23(4,5)26(10,24(6,7)34-21(28)37-31-18-15-12-2)25(8,9)35-22(29)38-32-19-16-13-3/h11-19H2,1-10H3. The molecular weight excluding hydrogens is 504 g/mol. The molecule has 0 spiro atoms. The highest BCUT2D eigenvalue weighted by Crippen LogP contribution is 2.54. The Morgan fingerprint density at radius 2 is 0.711 bits per heavy atom. The summed E-state index contributed by atoms with van der Waals surface area (Å²) in [6.45, 7) is 17.4. The van der Waals surface area contributed by atoms with Crippen molar-refractivity contribution in [2.45, 2.75) is 125 Å². The van der Waals surface area contributed by atoms with Crippen LogP contribution in [0.15, 0.2) is 0 Å². The first-order valence-corrected chi connectivity index (χ1v) is 13.2. The Kier molecular flexibility index (Phi) is 15.6. The molecule has 0 fully saturated rings. The Labute approximate surface area is 226 Å². The molecule has 0 aromatic rings. The van der Waals surface area contributed by atoms with Crippen molar-refractivity contribution in [2.24, 2.45) is 5.41 Å². The van der Waals surface area contributed by atoms with Crippen molar-refractivity contribution in [2.75, 3.05) is 19.8 Å². The summed E-state index contributed by atoms with van der Waals surface area (Å²) in [5.41, 5.74) is -5.98. The molecule has 0 unspecified atom stereocenters. The molecule has 0 atom stereocenters. The van der Waals surface area contributed by atoms with Crippen molar-refractivity contribution in [3.05, 3.63) is 0 Å². The van der Waals surface area contributed by atoms with Crippen molar-refractivity contribution in [1.29, 1.82) is 0 Å². The molecule has 12 heteroatoms. The van der Waals surface area contributed by atoms with Crippen molar-refractivity contribution in [3.8, 4) is 0 Å². The lowest BCUT2D eigenvalue weighted by molar-refractivity contribution is -0.307. The predicted molar refractivity (Wildman–Crippen MR) is 136 cm³/mol. The molecule has 0 heterocycles. The summed E-state index contributed by atoms with van der Waals surface area (Å²) in [6.07, 6.45) is 1.20. The molecule has 12 nitrogen and oxygen atoms in total. The fourth-order valence-corrected chi connectivity index (χ4v) is 4.04. The third-order valence-electron chi connectivity index (χ3n) is 6.75. The maximum atomic E-state index is 12.5. The SMILES string of the molecule is CCCCOOC(=O)OC(C)(C)C(C)(C(C)(C)OC(=O)OOCCCC)C(C)(C)OC(=O)OOCCCC. The van der Waals surface area contributed by atoms with Gasteiger partial charge in [0.2, 0.25) is 0 Å². The van der Waals surface area contributed by atoms with E-state index in [2.05, 4.69) is 0 Å². The van der Waals surface area contributed by atoms with E-state index in [1.807, 2.05) is 20.8 Å². The average molecular weight is 553 g/mol. The Bertz CT molecular complexity index is 624. The average Bonchev–Trinajstić information content (AvgIpc) is 2.80. The zero-order chi connectivity index (χ0) is 29.5. The molecule has 0 aliphatic carbocycles. The van der Waals surface area contributed by atoms with Crippen LogP contribution in [0.2, 0.25) is 0 Å². The molecule has 38 heavy (non-hydrogen) atoms. The van der Waals surface area contributed by atoms with Gasteiger partial charge in [-0.2, -0.15) is 14.7 Å². The van der Waals surface area contributed by atoms with Gasteiger partial charge in [0.25, 0.3) is 0 Å². The summed E-state index contributed by atoms with van der Waals surface area (Å²) in [4.78, 5) is 66.5. The molecule has 0 aliphatic heterocycles. The highest BCUT2D eigenvalue weighted by atomic mass is 17.2. The van der Waals surface area contributed by atoms with Gasteiger partial charge in [0.15, 0.2) is 0 Å². The van der Waals surface area contributed by atoms with Crippen molar-refractivity contribution >= 4 is 18.5 Å². The lowest BCUT2D eigenvalue weighted by atomic mass is 9.56. The molecule has 0 aromatic heterocycles. The van der Waals surface area contributed by atoms with Gasteiger partial charge in [0, 0.05) is 0 Å². The topological polar surface area (TPSA) is 134 Å². The van der Waals surface area contributed by atoms with Gasteiger partial charge >= 0.3 is 18.5 Å². The smallest absolute Gasteiger partial charge is 0.425 e. The summed E-state index contributed by atoms with van der Waals surface area (Å²) in [7, 11) is 0. The number of unbranched alkanes of at least 4 members (excludes halogenated alkanes) is 3. The first-order chi connectivity index (χ1) is 17.6. The van der Waals surface area contributed by atoms with Crippen LogP contribution in [0.1, 0.15) is 108 Å². The summed E-state index contributed by atoms with van der Waals surface area (Å²) in [5, 5.41) is 0. The van der Waals surface area contributed by atoms with Gasteiger partial charge in [-0.1, -0.05) is 40.0 Å². The molecule has 0 aliphatic rings. The molecule has 0 bridgehead atoms. The maximum Gasteiger partial charge on any atom is 0.541 e. The minimum absolute atomic E-state index is 0.195. The number of carbonyl (C=O) groups excluding carboxylic acids is 3. The van der Waals surface area contributed by atoms with E-state index in [0.717, 1.165) is 19.3 Å². The van der Waals surface area contributed by atoms with Crippen molar-refractivity contribution in [3.63, 3.8) is 0 Å². The number of ether oxygens (including phenoxy) is 3. The molecule has 0 saturated heterocycles. The second-order valence-electron chi connectivity index (χ2n) is 10.5. The van der Waals surface area contributed by atoms with Crippen molar-refractivity contribution in [1.82, 2.24) is 0 Å². The van der Waals surface area contributed by atoms with Crippen LogP contribution in [0.5, 0.6) is 0 Å². The number of rotatable bonds is 18. The van der Waals surface area contributed by atoms with Gasteiger partial charge in [-0.05, 0) is 67.7 Å². The maximum absolute atomic E-state index is 12.5. The third kappa shape index (κ3) is 10.8. The first-order valence-electron chi connectivity index (χ1n) is 13.2. The Hall–Kier alpha value is -2.31. The third-order valence-corrected chi connectivity index (χ3v) is 6.75. The molecule has 0 aromatic carbocycles. The zero-order valence-electron chi connectivity index (χ0n) is 24.8. The van der Waals surface area contributed by atoms with E-state index in [1.165, 1.54) is 0 Å². The molecule has 0 saturated carbocycles. The molecule has 0 amide bonds. The van der Waals surface area contributed by atoms with E-state index >= 15 is 0 Å². The second-order valence-corrected chi connectivity index (χ2v) is 10.5. The lowest BCUT2D eigenvalue weighted by Crippen LogP contribution is -2.68. The van der Waals surface area contributed by atoms with E-state index < -0.39 is 40.7 Å². The van der Waals surface area contributed by atoms with E-state index in [4.69, 9.17) is 43.5 Å². The van der Waals surface area contributed by atoms with Crippen LogP contribution in [0.3, 0.4) is 0 Å². The van der Waals surface area contributed by atoms with Gasteiger partial charge in [-0.3, -0.25) is 14.7 Å². The lowest BCUT2D eigenvalue weighted by Gasteiger charge is -2.57. The largest absolute Gasteiger partial charge is 0.541 e. The second kappa shape index (κ2) is 16.6. The van der Waals surface area contributed by atoms with Crippen LogP contribution in [0, 0.1) is 5.41 Å². The van der Waals surface area contributed by atoms with E-state index in [-0.39, 0.29) is 19.8 Å². The summed E-state index contributed by atoms with van der Waals surface area (Å²) >= 11 is 0. The number of hydrogen-bond acceptors (Lipinski definition) is 12. The summed E-state index contributed by atoms with van der Waals surface area (Å²) < 4.78 is 16.9. The summed E-state index contributed by atoms with van der Waals surface area (Å²) in [6, 6.07) is 0.